The molecule has 0 aromatic carbocycles. The second-order valence-corrected chi connectivity index (χ2v) is 8.92. The van der Waals surface area contributed by atoms with Crippen LogP contribution >= 0.6 is 0 Å². The maximum Gasteiger partial charge on any atom is -0.0383 e. The molecule has 0 amide bonds. The lowest BCUT2D eigenvalue weighted by Crippen LogP contribution is -2.26. The monoisotopic (exact) mass is 320 g/mol. The van der Waals surface area contributed by atoms with Crippen LogP contribution in [0.2, 0.25) is 0 Å². The first-order chi connectivity index (χ1) is 11.3. The quantitative estimate of drug-likeness (QED) is 0.356. The Kier molecular flexibility index (Phi) is 9.69. The summed E-state index contributed by atoms with van der Waals surface area (Å²) < 4.78 is 0. The van der Waals surface area contributed by atoms with Crippen molar-refractivity contribution in [3.63, 3.8) is 0 Å². The molecule has 23 heavy (non-hydrogen) atoms. The molecule has 0 aliphatic heterocycles. The molecule has 2 fully saturated rings. The predicted octanol–water partition coefficient (Wildman–Crippen LogP) is 8.15. The molecule has 0 N–H and O–H groups in total. The van der Waals surface area contributed by atoms with Gasteiger partial charge in [0.05, 0.1) is 0 Å². The largest absolute Gasteiger partial charge is 0.0654 e. The summed E-state index contributed by atoms with van der Waals surface area (Å²) >= 11 is 0. The topological polar surface area (TPSA) is 0 Å². The summed E-state index contributed by atoms with van der Waals surface area (Å²) in [5, 5.41) is 0. The third-order valence-electron chi connectivity index (χ3n) is 7.06. The fraction of sp³-hybridized carbons (Fsp3) is 1.00. The number of rotatable bonds is 10. The number of unbranched alkanes of at least 4 members (excludes halogenated alkanes) is 5. The highest BCUT2D eigenvalue weighted by Gasteiger charge is 2.31. The molecule has 136 valence electrons. The van der Waals surface area contributed by atoms with Gasteiger partial charge in [0.15, 0.2) is 0 Å². The first-order valence-electron chi connectivity index (χ1n) is 11.3. The van der Waals surface area contributed by atoms with Gasteiger partial charge in [-0.1, -0.05) is 104 Å². The van der Waals surface area contributed by atoms with Gasteiger partial charge in [-0.15, -0.1) is 0 Å². The molecule has 0 aromatic heterocycles. The van der Waals surface area contributed by atoms with Gasteiger partial charge >= 0.3 is 0 Å². The van der Waals surface area contributed by atoms with Gasteiger partial charge in [-0.2, -0.15) is 0 Å². The lowest BCUT2D eigenvalue weighted by atomic mass is 9.67. The SMILES string of the molecule is CCCCCCC[C@@H]1CCC[C@@H]([C@H]2CC[C@@H](CCCC)CC2)C1. The van der Waals surface area contributed by atoms with E-state index in [2.05, 4.69) is 13.8 Å². The van der Waals surface area contributed by atoms with Crippen LogP contribution in [0.4, 0.5) is 0 Å². The van der Waals surface area contributed by atoms with Crippen molar-refractivity contribution in [1.82, 2.24) is 0 Å². The molecular formula is C23H44. The molecule has 0 unspecified atom stereocenters. The Bertz CT molecular complexity index is 274. The van der Waals surface area contributed by atoms with Crippen molar-refractivity contribution in [2.24, 2.45) is 23.7 Å². The van der Waals surface area contributed by atoms with Gasteiger partial charge in [0.2, 0.25) is 0 Å². The molecule has 0 saturated heterocycles. The minimum Gasteiger partial charge on any atom is -0.0654 e. The summed E-state index contributed by atoms with van der Waals surface area (Å²) in [6.45, 7) is 4.67. The zero-order valence-corrected chi connectivity index (χ0v) is 16.3. The molecule has 2 rings (SSSR count). The Balaban J connectivity index is 1.62. The number of hydrogen-bond acceptors (Lipinski definition) is 0. The van der Waals surface area contributed by atoms with Crippen LogP contribution in [0.25, 0.3) is 0 Å². The minimum atomic E-state index is 1.09. The van der Waals surface area contributed by atoms with Crippen molar-refractivity contribution in [3.05, 3.63) is 0 Å². The fourth-order valence-corrected chi connectivity index (χ4v) is 5.50. The summed E-state index contributed by atoms with van der Waals surface area (Å²) in [4.78, 5) is 0. The van der Waals surface area contributed by atoms with Crippen LogP contribution in [0.1, 0.15) is 123 Å². The molecule has 0 heterocycles. The Morgan fingerprint density at radius 1 is 0.565 bits per heavy atom. The summed E-state index contributed by atoms with van der Waals surface area (Å²) in [5.74, 6) is 4.39. The van der Waals surface area contributed by atoms with Crippen molar-refractivity contribution in [3.8, 4) is 0 Å². The van der Waals surface area contributed by atoms with E-state index in [1.54, 1.807) is 57.8 Å². The molecule has 0 spiro atoms. The maximum atomic E-state index is 2.34. The van der Waals surface area contributed by atoms with E-state index in [-0.39, 0.29) is 0 Å². The number of hydrogen-bond donors (Lipinski definition) is 0. The van der Waals surface area contributed by atoms with E-state index in [1.165, 1.54) is 51.4 Å². The second kappa shape index (κ2) is 11.5. The maximum absolute atomic E-state index is 2.34. The van der Waals surface area contributed by atoms with Crippen LogP contribution in [-0.4, -0.2) is 0 Å². The van der Waals surface area contributed by atoms with Gasteiger partial charge in [0.1, 0.15) is 0 Å². The van der Waals surface area contributed by atoms with E-state index in [0.717, 1.165) is 23.7 Å². The average molecular weight is 321 g/mol. The molecule has 0 aromatic rings. The highest BCUT2D eigenvalue weighted by atomic mass is 14.4. The molecule has 0 radical (unpaired) electrons. The van der Waals surface area contributed by atoms with Crippen LogP contribution in [0, 0.1) is 23.7 Å². The average Bonchev–Trinajstić information content (AvgIpc) is 2.60. The van der Waals surface area contributed by atoms with Crippen LogP contribution in [0.5, 0.6) is 0 Å². The molecule has 0 heteroatoms. The van der Waals surface area contributed by atoms with E-state index in [9.17, 15) is 0 Å². The first kappa shape index (κ1) is 19.3. The molecule has 0 bridgehead atoms. The smallest absolute Gasteiger partial charge is 0.0383 e. The summed E-state index contributed by atoms with van der Waals surface area (Å²) in [6, 6.07) is 0. The summed E-state index contributed by atoms with van der Waals surface area (Å²) in [7, 11) is 0. The van der Waals surface area contributed by atoms with Crippen LogP contribution in [0.15, 0.2) is 0 Å². The van der Waals surface area contributed by atoms with Crippen molar-refractivity contribution >= 4 is 0 Å². The highest BCUT2D eigenvalue weighted by molar-refractivity contribution is 4.82. The van der Waals surface area contributed by atoms with Gasteiger partial charge in [-0.3, -0.25) is 0 Å². The van der Waals surface area contributed by atoms with E-state index in [1.807, 2.05) is 0 Å². The van der Waals surface area contributed by atoms with E-state index >= 15 is 0 Å². The van der Waals surface area contributed by atoms with Crippen LogP contribution in [0.3, 0.4) is 0 Å². The first-order valence-corrected chi connectivity index (χ1v) is 11.3. The van der Waals surface area contributed by atoms with Crippen molar-refractivity contribution in [2.45, 2.75) is 123 Å². The standard InChI is InChI=1S/C23H44/c1-3-5-7-8-9-12-21-13-10-14-23(19-21)22-17-15-20(16-18-22)11-6-4-2/h20-23H,3-19H2,1-2H3/t20-,21-,22+,23-/m1/s1. The lowest BCUT2D eigenvalue weighted by Gasteiger charge is -2.38. The third-order valence-corrected chi connectivity index (χ3v) is 7.06. The van der Waals surface area contributed by atoms with Gasteiger partial charge in [0, 0.05) is 0 Å². The van der Waals surface area contributed by atoms with E-state index in [0.29, 0.717) is 0 Å². The molecule has 2 atom stereocenters. The molecule has 0 nitrogen and oxygen atoms in total. The van der Waals surface area contributed by atoms with Crippen molar-refractivity contribution < 1.29 is 0 Å². The Labute approximate surface area is 147 Å². The third kappa shape index (κ3) is 7.18. The Hall–Kier alpha value is 0. The molecular weight excluding hydrogens is 276 g/mol. The van der Waals surface area contributed by atoms with Crippen LogP contribution in [-0.2, 0) is 0 Å². The molecule has 2 aliphatic rings. The Morgan fingerprint density at radius 2 is 1.26 bits per heavy atom. The highest BCUT2D eigenvalue weighted by Crippen LogP contribution is 2.43. The zero-order chi connectivity index (χ0) is 16.3. The minimum absolute atomic E-state index is 1.09. The zero-order valence-electron chi connectivity index (χ0n) is 16.3. The van der Waals surface area contributed by atoms with Crippen LogP contribution < -0.4 is 0 Å². The predicted molar refractivity (Wildman–Crippen MR) is 104 cm³/mol. The van der Waals surface area contributed by atoms with Crippen molar-refractivity contribution in [2.75, 3.05) is 0 Å². The molecule has 2 aliphatic carbocycles. The second-order valence-electron chi connectivity index (χ2n) is 8.92. The molecule has 2 saturated carbocycles. The van der Waals surface area contributed by atoms with Gasteiger partial charge in [-0.25, -0.2) is 0 Å². The van der Waals surface area contributed by atoms with Crippen molar-refractivity contribution in [1.29, 1.82) is 0 Å². The van der Waals surface area contributed by atoms with Gasteiger partial charge < -0.3 is 0 Å². The summed E-state index contributed by atoms with van der Waals surface area (Å²) in [5.41, 5.74) is 0. The van der Waals surface area contributed by atoms with Gasteiger partial charge in [0.25, 0.3) is 0 Å². The van der Waals surface area contributed by atoms with Gasteiger partial charge in [-0.05, 0) is 42.9 Å². The lowest BCUT2D eigenvalue weighted by molar-refractivity contribution is 0.132. The normalized spacial score (nSPS) is 32.1. The summed E-state index contributed by atoms with van der Waals surface area (Å²) in [6.07, 6.45) is 25.8. The Morgan fingerprint density at radius 3 is 2.00 bits per heavy atom. The fourth-order valence-electron chi connectivity index (χ4n) is 5.50. The van der Waals surface area contributed by atoms with E-state index in [4.69, 9.17) is 0 Å². The van der Waals surface area contributed by atoms with E-state index < -0.39 is 0 Å².